The molecule has 6 heteroatoms. The second-order valence-electron chi connectivity index (χ2n) is 4.16. The Morgan fingerprint density at radius 1 is 1.44 bits per heavy atom. The minimum Gasteiger partial charge on any atom is -0.383 e. The van der Waals surface area contributed by atoms with Gasteiger partial charge < -0.3 is 10.6 Å². The van der Waals surface area contributed by atoms with Gasteiger partial charge in [0.05, 0.1) is 12.1 Å². The number of carbonyl (C=O) groups excluding carboxylic acids is 1. The average molecular weight is 221 g/mol. The van der Waals surface area contributed by atoms with Crippen molar-refractivity contribution in [1.82, 2.24) is 14.9 Å². The van der Waals surface area contributed by atoms with Crippen LogP contribution >= 0.6 is 0 Å². The number of hydrogen-bond donors (Lipinski definition) is 1. The third-order valence-corrected chi connectivity index (χ3v) is 2.63. The molecule has 1 aliphatic heterocycles. The van der Waals surface area contributed by atoms with Gasteiger partial charge in [-0.3, -0.25) is 4.90 Å². The highest BCUT2D eigenvalue weighted by molar-refractivity contribution is 5.94. The number of fused-ring (bicyclic) bond motifs is 1. The monoisotopic (exact) mass is 221 g/mol. The lowest BCUT2D eigenvalue weighted by atomic mass is 10.2. The first-order valence-electron chi connectivity index (χ1n) is 5.16. The number of anilines is 2. The van der Waals surface area contributed by atoms with Gasteiger partial charge in [0.1, 0.15) is 18.0 Å². The Morgan fingerprint density at radius 2 is 2.12 bits per heavy atom. The molecule has 2 amide bonds. The molecule has 16 heavy (non-hydrogen) atoms. The van der Waals surface area contributed by atoms with E-state index in [9.17, 15) is 4.79 Å². The van der Waals surface area contributed by atoms with E-state index in [1.54, 1.807) is 16.8 Å². The number of nitrogens with zero attached hydrogens (tertiary/aromatic N) is 4. The van der Waals surface area contributed by atoms with Crippen LogP contribution in [0.15, 0.2) is 6.33 Å². The molecule has 0 fully saturated rings. The molecule has 0 aliphatic carbocycles. The highest BCUT2D eigenvalue weighted by atomic mass is 16.2. The van der Waals surface area contributed by atoms with E-state index < -0.39 is 0 Å². The van der Waals surface area contributed by atoms with Crippen LogP contribution < -0.4 is 10.6 Å². The van der Waals surface area contributed by atoms with E-state index in [4.69, 9.17) is 5.73 Å². The SMILES string of the molecule is CC(C)N1C(=O)N(C)Cc2c(N)ncnc21. The Labute approximate surface area is 94.1 Å². The molecular formula is C10H15N5O. The van der Waals surface area contributed by atoms with Crippen LogP contribution in [0.2, 0.25) is 0 Å². The Balaban J connectivity index is 2.56. The van der Waals surface area contributed by atoms with E-state index in [-0.39, 0.29) is 12.1 Å². The van der Waals surface area contributed by atoms with E-state index >= 15 is 0 Å². The van der Waals surface area contributed by atoms with Gasteiger partial charge in [-0.2, -0.15) is 0 Å². The molecule has 1 aromatic rings. The molecule has 0 saturated heterocycles. The van der Waals surface area contributed by atoms with Gasteiger partial charge in [0.15, 0.2) is 0 Å². The number of nitrogens with two attached hydrogens (primary N) is 1. The number of aromatic nitrogens is 2. The van der Waals surface area contributed by atoms with Crippen LogP contribution in [0.1, 0.15) is 19.4 Å². The van der Waals surface area contributed by atoms with Gasteiger partial charge >= 0.3 is 6.03 Å². The van der Waals surface area contributed by atoms with Crippen LogP contribution in [0.4, 0.5) is 16.4 Å². The number of rotatable bonds is 1. The van der Waals surface area contributed by atoms with E-state index in [1.165, 1.54) is 6.33 Å². The van der Waals surface area contributed by atoms with Crippen LogP contribution in [0, 0.1) is 0 Å². The largest absolute Gasteiger partial charge is 0.383 e. The molecule has 0 unspecified atom stereocenters. The molecule has 0 atom stereocenters. The van der Waals surface area contributed by atoms with Gasteiger partial charge in [-0.15, -0.1) is 0 Å². The Kier molecular flexibility index (Phi) is 2.41. The van der Waals surface area contributed by atoms with E-state index in [0.717, 1.165) is 5.56 Å². The molecule has 1 aromatic heterocycles. The van der Waals surface area contributed by atoms with Crippen LogP contribution in [0.25, 0.3) is 0 Å². The first-order chi connectivity index (χ1) is 7.52. The number of urea groups is 1. The second kappa shape index (κ2) is 3.62. The molecule has 0 aromatic carbocycles. The zero-order valence-corrected chi connectivity index (χ0v) is 9.64. The molecule has 2 heterocycles. The fraction of sp³-hybridized carbons (Fsp3) is 0.500. The summed E-state index contributed by atoms with van der Waals surface area (Å²) in [6.45, 7) is 4.35. The van der Waals surface area contributed by atoms with E-state index in [1.807, 2.05) is 13.8 Å². The zero-order chi connectivity index (χ0) is 11.9. The maximum absolute atomic E-state index is 12.0. The summed E-state index contributed by atoms with van der Waals surface area (Å²) < 4.78 is 0. The minimum atomic E-state index is -0.0550. The summed E-state index contributed by atoms with van der Waals surface area (Å²) in [6.07, 6.45) is 1.39. The van der Waals surface area contributed by atoms with Crippen molar-refractivity contribution in [2.45, 2.75) is 26.4 Å². The van der Waals surface area contributed by atoms with Crippen LogP contribution in [-0.4, -0.2) is 34.0 Å². The van der Waals surface area contributed by atoms with Gasteiger partial charge in [0.2, 0.25) is 0 Å². The van der Waals surface area contributed by atoms with Crippen molar-refractivity contribution >= 4 is 17.7 Å². The predicted molar refractivity (Wildman–Crippen MR) is 60.9 cm³/mol. The summed E-state index contributed by atoms with van der Waals surface area (Å²) in [4.78, 5) is 23.3. The van der Waals surface area contributed by atoms with Gasteiger partial charge in [0, 0.05) is 13.1 Å². The first-order valence-corrected chi connectivity index (χ1v) is 5.16. The molecule has 86 valence electrons. The summed E-state index contributed by atoms with van der Waals surface area (Å²) >= 11 is 0. The molecule has 0 bridgehead atoms. The minimum absolute atomic E-state index is 0.0447. The zero-order valence-electron chi connectivity index (χ0n) is 9.64. The maximum atomic E-state index is 12.0. The lowest BCUT2D eigenvalue weighted by Gasteiger charge is -2.36. The number of amides is 2. The summed E-state index contributed by atoms with van der Waals surface area (Å²) in [6, 6.07) is -0.0103. The lowest BCUT2D eigenvalue weighted by molar-refractivity contribution is 0.208. The van der Waals surface area contributed by atoms with Crippen molar-refractivity contribution in [3.05, 3.63) is 11.9 Å². The van der Waals surface area contributed by atoms with Crippen molar-refractivity contribution in [1.29, 1.82) is 0 Å². The summed E-state index contributed by atoms with van der Waals surface area (Å²) in [5.41, 5.74) is 6.61. The van der Waals surface area contributed by atoms with Crippen molar-refractivity contribution < 1.29 is 4.79 Å². The van der Waals surface area contributed by atoms with Gasteiger partial charge in [0.25, 0.3) is 0 Å². The maximum Gasteiger partial charge on any atom is 0.325 e. The number of hydrogen-bond acceptors (Lipinski definition) is 4. The van der Waals surface area contributed by atoms with Crippen molar-refractivity contribution in [2.75, 3.05) is 17.7 Å². The highest BCUT2D eigenvalue weighted by Crippen LogP contribution is 2.29. The highest BCUT2D eigenvalue weighted by Gasteiger charge is 2.32. The fourth-order valence-electron chi connectivity index (χ4n) is 1.82. The summed E-state index contributed by atoms with van der Waals surface area (Å²) in [7, 11) is 1.74. The third-order valence-electron chi connectivity index (χ3n) is 2.63. The number of carbonyl (C=O) groups is 1. The number of nitrogen functional groups attached to an aromatic ring is 1. The third kappa shape index (κ3) is 1.46. The molecule has 0 saturated carbocycles. The standard InChI is InChI=1S/C10H15N5O/c1-6(2)15-9-7(4-14(3)10(15)16)8(11)12-5-13-9/h5-6H,4H2,1-3H3,(H2,11,12,13). The van der Waals surface area contributed by atoms with Gasteiger partial charge in [-0.25, -0.2) is 14.8 Å². The van der Waals surface area contributed by atoms with E-state index in [2.05, 4.69) is 9.97 Å². The van der Waals surface area contributed by atoms with Crippen LogP contribution in [0.5, 0.6) is 0 Å². The molecule has 1 aliphatic rings. The predicted octanol–water partition coefficient (Wildman–Crippen LogP) is 0.839. The van der Waals surface area contributed by atoms with Crippen molar-refractivity contribution in [3.8, 4) is 0 Å². The lowest BCUT2D eigenvalue weighted by Crippen LogP contribution is -2.49. The van der Waals surface area contributed by atoms with Crippen molar-refractivity contribution in [3.63, 3.8) is 0 Å². The first kappa shape index (κ1) is 10.7. The second-order valence-corrected chi connectivity index (χ2v) is 4.16. The smallest absolute Gasteiger partial charge is 0.325 e. The topological polar surface area (TPSA) is 75.4 Å². The van der Waals surface area contributed by atoms with Crippen molar-refractivity contribution in [2.24, 2.45) is 0 Å². The summed E-state index contributed by atoms with van der Waals surface area (Å²) in [5.74, 6) is 1.07. The molecular weight excluding hydrogens is 206 g/mol. The molecule has 6 nitrogen and oxygen atoms in total. The molecule has 0 radical (unpaired) electrons. The summed E-state index contributed by atoms with van der Waals surface area (Å²) in [5, 5.41) is 0. The average Bonchev–Trinajstić information content (AvgIpc) is 2.21. The molecule has 2 N–H and O–H groups in total. The Morgan fingerprint density at radius 3 is 2.75 bits per heavy atom. The van der Waals surface area contributed by atoms with Crippen LogP contribution in [-0.2, 0) is 6.54 Å². The quantitative estimate of drug-likeness (QED) is 0.762. The van der Waals surface area contributed by atoms with Gasteiger partial charge in [-0.05, 0) is 13.8 Å². The van der Waals surface area contributed by atoms with Gasteiger partial charge in [-0.1, -0.05) is 0 Å². The van der Waals surface area contributed by atoms with E-state index in [0.29, 0.717) is 18.2 Å². The molecule has 2 rings (SSSR count). The normalized spacial score (nSPS) is 15.6. The molecule has 0 spiro atoms. The Bertz CT molecular complexity index is 431. The Hall–Kier alpha value is -1.85. The van der Waals surface area contributed by atoms with Crippen LogP contribution in [0.3, 0.4) is 0 Å². The fourth-order valence-corrected chi connectivity index (χ4v) is 1.82.